The van der Waals surface area contributed by atoms with Gasteiger partial charge in [0.15, 0.2) is 5.76 Å². The summed E-state index contributed by atoms with van der Waals surface area (Å²) in [7, 11) is 0. The highest BCUT2D eigenvalue weighted by molar-refractivity contribution is 9.09. The lowest BCUT2D eigenvalue weighted by molar-refractivity contribution is -0.421. The summed E-state index contributed by atoms with van der Waals surface area (Å²) in [4.78, 5) is 9.62. The molecule has 1 N–H and O–H groups in total. The molecule has 0 spiro atoms. The maximum absolute atomic E-state index is 10.3. The van der Waals surface area contributed by atoms with Gasteiger partial charge in [0.2, 0.25) is 0 Å². The number of hydrogen-bond donors (Lipinski definition) is 1. The molecule has 0 aromatic carbocycles. The smallest absolute Gasteiger partial charge is 0.310 e. The van der Waals surface area contributed by atoms with Gasteiger partial charge in [-0.05, 0) is 6.08 Å². The van der Waals surface area contributed by atoms with Crippen LogP contribution < -0.4 is 0 Å². The third-order valence-electron chi connectivity index (χ3n) is 1.34. The highest BCUT2D eigenvalue weighted by atomic mass is 79.9. The van der Waals surface area contributed by atoms with Gasteiger partial charge in [-0.25, -0.2) is 0 Å². The van der Waals surface area contributed by atoms with E-state index in [0.717, 1.165) is 0 Å². The van der Waals surface area contributed by atoms with Gasteiger partial charge < -0.3 is 5.11 Å². The van der Waals surface area contributed by atoms with Gasteiger partial charge in [-0.15, -0.1) is 0 Å². The first kappa shape index (κ1) is 8.99. The van der Waals surface area contributed by atoms with E-state index in [1.54, 1.807) is 12.2 Å². The van der Waals surface area contributed by atoms with Crippen molar-refractivity contribution in [1.82, 2.24) is 0 Å². The van der Waals surface area contributed by atoms with Gasteiger partial charge in [-0.3, -0.25) is 10.1 Å². The minimum Gasteiger partial charge on any atom is -0.502 e. The third kappa shape index (κ3) is 1.94. The van der Waals surface area contributed by atoms with Gasteiger partial charge in [0.1, 0.15) is 0 Å². The standard InChI is InChI=1S/C7H6BrNO3/c8-5-1-3-6(9(11)12)7(10)4-2-5/h1-5,10H. The average molecular weight is 232 g/mol. The van der Waals surface area contributed by atoms with Crippen molar-refractivity contribution in [3.63, 3.8) is 0 Å². The van der Waals surface area contributed by atoms with Crippen molar-refractivity contribution < 1.29 is 10.0 Å². The number of allylic oxidation sites excluding steroid dienone is 4. The van der Waals surface area contributed by atoms with Crippen LogP contribution in [0.5, 0.6) is 0 Å². The van der Waals surface area contributed by atoms with Crippen LogP contribution in [-0.4, -0.2) is 14.9 Å². The maximum Gasteiger partial charge on any atom is 0.310 e. The van der Waals surface area contributed by atoms with Crippen LogP contribution in [0.3, 0.4) is 0 Å². The van der Waals surface area contributed by atoms with Crippen molar-refractivity contribution in [2.75, 3.05) is 0 Å². The fourth-order valence-electron chi connectivity index (χ4n) is 0.755. The molecule has 0 amide bonds. The third-order valence-corrected chi connectivity index (χ3v) is 1.95. The molecule has 1 rings (SSSR count). The molecule has 5 heteroatoms. The molecule has 64 valence electrons. The Balaban J connectivity index is 3.04. The molecule has 1 aliphatic rings. The van der Waals surface area contributed by atoms with Gasteiger partial charge in [-0.1, -0.05) is 28.1 Å². The zero-order valence-electron chi connectivity index (χ0n) is 5.98. The average Bonchev–Trinajstić information content (AvgIpc) is 2.14. The Morgan fingerprint density at radius 1 is 1.50 bits per heavy atom. The topological polar surface area (TPSA) is 63.4 Å². The molecular weight excluding hydrogens is 226 g/mol. The van der Waals surface area contributed by atoms with Crippen LogP contribution in [0, 0.1) is 10.1 Å². The molecule has 0 heterocycles. The Kier molecular flexibility index (Phi) is 2.65. The first-order valence-corrected chi connectivity index (χ1v) is 4.11. The number of nitrogens with zero attached hydrogens (tertiary/aromatic N) is 1. The van der Waals surface area contributed by atoms with Crippen LogP contribution >= 0.6 is 15.9 Å². The van der Waals surface area contributed by atoms with Crippen LogP contribution in [0.1, 0.15) is 0 Å². The quantitative estimate of drug-likeness (QED) is 0.426. The fraction of sp³-hybridized carbons (Fsp3) is 0.143. The molecule has 0 fully saturated rings. The van der Waals surface area contributed by atoms with E-state index in [4.69, 9.17) is 5.11 Å². The van der Waals surface area contributed by atoms with E-state index >= 15 is 0 Å². The normalized spacial score (nSPS) is 22.6. The highest BCUT2D eigenvalue weighted by Gasteiger charge is 2.15. The Labute approximate surface area is 77.2 Å². The molecule has 1 unspecified atom stereocenters. The molecule has 0 radical (unpaired) electrons. The van der Waals surface area contributed by atoms with E-state index in [-0.39, 0.29) is 16.3 Å². The number of rotatable bonds is 1. The number of nitro groups is 1. The second-order valence-electron chi connectivity index (χ2n) is 2.19. The first-order valence-electron chi connectivity index (χ1n) is 3.19. The van der Waals surface area contributed by atoms with Gasteiger partial charge >= 0.3 is 5.70 Å². The molecule has 1 atom stereocenters. The summed E-state index contributed by atoms with van der Waals surface area (Å²) in [5.41, 5.74) is -0.284. The molecule has 0 aliphatic heterocycles. The van der Waals surface area contributed by atoms with Gasteiger partial charge in [-0.2, -0.15) is 0 Å². The van der Waals surface area contributed by atoms with E-state index in [9.17, 15) is 10.1 Å². The van der Waals surface area contributed by atoms with Crippen molar-refractivity contribution in [3.05, 3.63) is 45.9 Å². The molecule has 12 heavy (non-hydrogen) atoms. The summed E-state index contributed by atoms with van der Waals surface area (Å²) >= 11 is 3.21. The monoisotopic (exact) mass is 231 g/mol. The summed E-state index contributed by atoms with van der Waals surface area (Å²) < 4.78 is 0. The van der Waals surface area contributed by atoms with Gasteiger partial charge in [0.25, 0.3) is 0 Å². The molecule has 1 aliphatic carbocycles. The summed E-state index contributed by atoms with van der Waals surface area (Å²) in [5.74, 6) is -0.321. The van der Waals surface area contributed by atoms with E-state index < -0.39 is 4.92 Å². The van der Waals surface area contributed by atoms with Crippen molar-refractivity contribution in [2.45, 2.75) is 4.83 Å². The Morgan fingerprint density at radius 3 is 2.67 bits per heavy atom. The first-order chi connectivity index (χ1) is 5.61. The number of alkyl halides is 1. The molecule has 0 aromatic heterocycles. The largest absolute Gasteiger partial charge is 0.502 e. The van der Waals surface area contributed by atoms with E-state index in [0.29, 0.717) is 0 Å². The molecule has 0 aromatic rings. The summed E-state index contributed by atoms with van der Waals surface area (Å²) in [6, 6.07) is 0. The lowest BCUT2D eigenvalue weighted by atomic mass is 10.3. The minimum atomic E-state index is -0.624. The molecular formula is C7H6BrNO3. The Bertz CT molecular complexity index is 293. The summed E-state index contributed by atoms with van der Waals surface area (Å²) in [6.45, 7) is 0. The van der Waals surface area contributed by atoms with Crippen LogP contribution in [0.4, 0.5) is 0 Å². The van der Waals surface area contributed by atoms with Gasteiger partial charge in [0, 0.05) is 6.08 Å². The number of hydrogen-bond acceptors (Lipinski definition) is 3. The fourth-order valence-corrected chi connectivity index (χ4v) is 1.06. The lowest BCUT2D eigenvalue weighted by Gasteiger charge is -1.90. The maximum atomic E-state index is 10.3. The summed E-state index contributed by atoms with van der Waals surface area (Å²) in [6.07, 6.45) is 5.77. The van der Waals surface area contributed by atoms with E-state index in [1.165, 1.54) is 12.2 Å². The van der Waals surface area contributed by atoms with Crippen molar-refractivity contribution >= 4 is 15.9 Å². The van der Waals surface area contributed by atoms with Crippen LogP contribution in [-0.2, 0) is 0 Å². The van der Waals surface area contributed by atoms with Crippen molar-refractivity contribution in [3.8, 4) is 0 Å². The minimum absolute atomic E-state index is 0.0721. The zero-order valence-corrected chi connectivity index (χ0v) is 7.56. The SMILES string of the molecule is O=[N+]([O-])C1=C(O)C=CC(Br)C=C1. The predicted molar refractivity (Wildman–Crippen MR) is 47.6 cm³/mol. The van der Waals surface area contributed by atoms with Crippen molar-refractivity contribution in [1.29, 1.82) is 0 Å². The van der Waals surface area contributed by atoms with E-state index in [1.807, 2.05) is 0 Å². The second-order valence-corrected chi connectivity index (χ2v) is 3.25. The number of halogens is 1. The van der Waals surface area contributed by atoms with Crippen molar-refractivity contribution in [2.24, 2.45) is 0 Å². The zero-order chi connectivity index (χ0) is 9.14. The predicted octanol–water partition coefficient (Wildman–Crippen LogP) is 1.92. The van der Waals surface area contributed by atoms with Crippen LogP contribution in [0.25, 0.3) is 0 Å². The molecule has 4 nitrogen and oxygen atoms in total. The molecule has 0 bridgehead atoms. The number of aliphatic hydroxyl groups excluding tert-OH is 1. The van der Waals surface area contributed by atoms with Gasteiger partial charge in [0.05, 0.1) is 9.75 Å². The van der Waals surface area contributed by atoms with E-state index in [2.05, 4.69) is 15.9 Å². The molecule has 0 saturated carbocycles. The van der Waals surface area contributed by atoms with Crippen LogP contribution in [0.15, 0.2) is 35.8 Å². The lowest BCUT2D eigenvalue weighted by Crippen LogP contribution is -1.98. The highest BCUT2D eigenvalue weighted by Crippen LogP contribution is 2.15. The second kappa shape index (κ2) is 3.53. The summed E-state index contributed by atoms with van der Waals surface area (Å²) in [5, 5.41) is 19.4. The Hall–Kier alpha value is -1.10. The molecule has 0 saturated heterocycles. The Morgan fingerprint density at radius 2 is 2.08 bits per heavy atom. The van der Waals surface area contributed by atoms with Crippen LogP contribution in [0.2, 0.25) is 0 Å². The number of aliphatic hydroxyl groups is 1.